The normalized spacial score (nSPS) is 16.7. The van der Waals surface area contributed by atoms with Crippen LogP contribution >= 0.6 is 23.1 Å². The van der Waals surface area contributed by atoms with E-state index in [0.717, 1.165) is 29.5 Å². The lowest BCUT2D eigenvalue weighted by Crippen LogP contribution is -2.41. The van der Waals surface area contributed by atoms with E-state index in [4.69, 9.17) is 0 Å². The van der Waals surface area contributed by atoms with Crippen molar-refractivity contribution < 1.29 is 9.59 Å². The summed E-state index contributed by atoms with van der Waals surface area (Å²) in [6.07, 6.45) is 6.53. The summed E-state index contributed by atoms with van der Waals surface area (Å²) in [5, 5.41) is 13.6. The summed E-state index contributed by atoms with van der Waals surface area (Å²) in [4.78, 5) is 26.1. The number of hydrogen-bond donors (Lipinski definition) is 2. The molecular weight excluding hydrogens is 406 g/mol. The van der Waals surface area contributed by atoms with Gasteiger partial charge in [-0.1, -0.05) is 31.2 Å². The highest BCUT2D eigenvalue weighted by Gasteiger charge is 2.25. The van der Waals surface area contributed by atoms with Crippen LogP contribution in [0.4, 0.5) is 4.79 Å². The molecule has 29 heavy (non-hydrogen) atoms. The summed E-state index contributed by atoms with van der Waals surface area (Å²) < 4.78 is 1.98. The van der Waals surface area contributed by atoms with Crippen LogP contribution in [0.25, 0.3) is 10.7 Å². The largest absolute Gasteiger partial charge is 0.341 e. The molecule has 1 aliphatic carbocycles. The van der Waals surface area contributed by atoms with Crippen LogP contribution < -0.4 is 10.6 Å². The molecule has 156 valence electrons. The molecular formula is C20H27N5O2S2. The maximum Gasteiger partial charge on any atom is 0.321 e. The molecule has 0 fully saturated rings. The Bertz CT molecular complexity index is 905. The molecule has 0 spiro atoms. The number of nitrogens with one attached hydrogen (secondary N) is 2. The molecule has 0 aromatic carbocycles. The van der Waals surface area contributed by atoms with Gasteiger partial charge in [-0.3, -0.25) is 14.7 Å². The molecule has 0 aliphatic heterocycles. The third-order valence-electron chi connectivity index (χ3n) is 5.13. The van der Waals surface area contributed by atoms with Crippen LogP contribution in [0.1, 0.15) is 37.1 Å². The average Bonchev–Trinajstić information content (AvgIpc) is 3.31. The number of fused-ring (bicyclic) bond motifs is 1. The number of amides is 3. The average molecular weight is 434 g/mol. The number of imide groups is 1. The van der Waals surface area contributed by atoms with Gasteiger partial charge in [-0.15, -0.1) is 28.1 Å². The smallest absolute Gasteiger partial charge is 0.321 e. The quantitative estimate of drug-likeness (QED) is 0.514. The second kappa shape index (κ2) is 9.58. The van der Waals surface area contributed by atoms with E-state index in [1.165, 1.54) is 42.1 Å². The molecule has 3 rings (SSSR count). The zero-order valence-electron chi connectivity index (χ0n) is 17.0. The van der Waals surface area contributed by atoms with Gasteiger partial charge < -0.3 is 5.32 Å². The summed E-state index contributed by atoms with van der Waals surface area (Å²) in [7, 11) is 1.47. The summed E-state index contributed by atoms with van der Waals surface area (Å²) in [6.45, 7) is 8.40. The Kier molecular flexibility index (Phi) is 7.13. The SMILES string of the molecule is C=CCn1c(S[C@@H](C)C(=O)NC(=O)NC)nnc1-c1cc2c(s1)CC[C@H](CC)C2. The Morgan fingerprint density at radius 1 is 1.48 bits per heavy atom. The maximum atomic E-state index is 12.2. The number of carbonyl (C=O) groups is 2. The van der Waals surface area contributed by atoms with Crippen molar-refractivity contribution in [1.82, 2.24) is 25.4 Å². The zero-order valence-corrected chi connectivity index (χ0v) is 18.7. The number of allylic oxidation sites excluding steroid dienone is 1. The molecule has 0 unspecified atom stereocenters. The molecule has 9 heteroatoms. The Morgan fingerprint density at radius 3 is 2.97 bits per heavy atom. The standard InChI is InChI=1S/C20H27N5O2S2/c1-5-9-25-17(16-11-14-10-13(6-2)7-8-15(14)29-16)23-24-20(25)28-12(3)18(26)22-19(27)21-4/h5,11-13H,1,6-10H2,2-4H3,(H2,21,22,26,27)/t12-,13-/m0/s1. The van der Waals surface area contributed by atoms with Crippen molar-refractivity contribution in [1.29, 1.82) is 0 Å². The van der Waals surface area contributed by atoms with E-state index in [9.17, 15) is 9.59 Å². The molecule has 1 aliphatic rings. The number of nitrogens with zero attached hydrogens (tertiary/aromatic N) is 3. The first-order chi connectivity index (χ1) is 14.0. The minimum Gasteiger partial charge on any atom is -0.341 e. The molecule has 3 amide bonds. The van der Waals surface area contributed by atoms with Gasteiger partial charge in [-0.25, -0.2) is 4.79 Å². The van der Waals surface area contributed by atoms with Gasteiger partial charge in [0.05, 0.1) is 10.1 Å². The van der Waals surface area contributed by atoms with Crippen molar-refractivity contribution in [3.8, 4) is 10.7 Å². The molecule has 2 aromatic heterocycles. The van der Waals surface area contributed by atoms with Gasteiger partial charge in [-0.05, 0) is 43.7 Å². The molecule has 2 atom stereocenters. The summed E-state index contributed by atoms with van der Waals surface area (Å²) >= 11 is 3.07. The Balaban J connectivity index is 1.82. The van der Waals surface area contributed by atoms with Gasteiger partial charge in [0.25, 0.3) is 0 Å². The predicted molar refractivity (Wildman–Crippen MR) is 117 cm³/mol. The van der Waals surface area contributed by atoms with E-state index < -0.39 is 11.3 Å². The highest BCUT2D eigenvalue weighted by Crippen LogP contribution is 2.38. The third-order valence-corrected chi connectivity index (χ3v) is 7.44. The van der Waals surface area contributed by atoms with Gasteiger partial charge in [0.1, 0.15) is 0 Å². The fraction of sp³-hybridized carbons (Fsp3) is 0.500. The first-order valence-corrected chi connectivity index (χ1v) is 11.5. The molecule has 0 saturated carbocycles. The number of aromatic nitrogens is 3. The van der Waals surface area contributed by atoms with Crippen molar-refractivity contribution in [2.24, 2.45) is 5.92 Å². The minimum atomic E-state index is -0.523. The fourth-order valence-corrected chi connectivity index (χ4v) is 5.46. The molecule has 0 bridgehead atoms. The number of carbonyl (C=O) groups excluding carboxylic acids is 2. The fourth-order valence-electron chi connectivity index (χ4n) is 3.40. The van der Waals surface area contributed by atoms with E-state index in [1.807, 2.05) is 4.57 Å². The van der Waals surface area contributed by atoms with Crippen LogP contribution in [0.15, 0.2) is 23.9 Å². The van der Waals surface area contributed by atoms with Gasteiger partial charge in [0, 0.05) is 18.5 Å². The molecule has 2 aromatic rings. The van der Waals surface area contributed by atoms with Crippen molar-refractivity contribution >= 4 is 35.0 Å². The maximum absolute atomic E-state index is 12.2. The van der Waals surface area contributed by atoms with Crippen molar-refractivity contribution in [2.75, 3.05) is 7.05 Å². The van der Waals surface area contributed by atoms with Gasteiger partial charge >= 0.3 is 6.03 Å². The topological polar surface area (TPSA) is 88.9 Å². The van der Waals surface area contributed by atoms with E-state index in [2.05, 4.69) is 40.4 Å². The van der Waals surface area contributed by atoms with E-state index in [1.54, 1.807) is 24.3 Å². The lowest BCUT2D eigenvalue weighted by molar-refractivity contribution is -0.119. The van der Waals surface area contributed by atoms with Crippen LogP contribution in [0.2, 0.25) is 0 Å². The number of rotatable bonds is 7. The minimum absolute atomic E-state index is 0.374. The number of urea groups is 1. The summed E-state index contributed by atoms with van der Waals surface area (Å²) in [5.74, 6) is 1.20. The van der Waals surface area contributed by atoms with Crippen molar-refractivity contribution in [3.05, 3.63) is 29.2 Å². The van der Waals surface area contributed by atoms with Gasteiger partial charge in [-0.2, -0.15) is 0 Å². The van der Waals surface area contributed by atoms with Crippen LogP contribution in [0.5, 0.6) is 0 Å². The van der Waals surface area contributed by atoms with E-state index in [-0.39, 0.29) is 5.91 Å². The van der Waals surface area contributed by atoms with Crippen LogP contribution in [-0.2, 0) is 24.2 Å². The number of aryl methyl sites for hydroxylation is 1. The number of thiophene rings is 1. The summed E-state index contributed by atoms with van der Waals surface area (Å²) in [5.41, 5.74) is 1.43. The molecule has 0 saturated heterocycles. The van der Waals surface area contributed by atoms with E-state index in [0.29, 0.717) is 11.7 Å². The highest BCUT2D eigenvalue weighted by atomic mass is 32.2. The molecule has 2 heterocycles. The Morgan fingerprint density at radius 2 is 2.28 bits per heavy atom. The van der Waals surface area contributed by atoms with Gasteiger partial charge in [0.15, 0.2) is 11.0 Å². The monoisotopic (exact) mass is 433 g/mol. The first-order valence-electron chi connectivity index (χ1n) is 9.82. The molecule has 2 N–H and O–H groups in total. The summed E-state index contributed by atoms with van der Waals surface area (Å²) in [6, 6.07) is 1.73. The highest BCUT2D eigenvalue weighted by molar-refractivity contribution is 8.00. The first kappa shape index (κ1) is 21.6. The van der Waals surface area contributed by atoms with Crippen LogP contribution in [-0.4, -0.2) is 39.0 Å². The Labute approximate surface area is 179 Å². The second-order valence-corrected chi connectivity index (χ2v) is 9.55. The third kappa shape index (κ3) is 4.90. The zero-order chi connectivity index (χ0) is 21.0. The number of thioether (sulfide) groups is 1. The lowest BCUT2D eigenvalue weighted by Gasteiger charge is -2.19. The lowest BCUT2D eigenvalue weighted by atomic mass is 9.87. The predicted octanol–water partition coefficient (Wildman–Crippen LogP) is 3.64. The number of hydrogen-bond acceptors (Lipinski definition) is 6. The molecule has 7 nitrogen and oxygen atoms in total. The Hall–Kier alpha value is -2.13. The van der Waals surface area contributed by atoms with Gasteiger partial charge in [0.2, 0.25) is 5.91 Å². The van der Waals surface area contributed by atoms with E-state index >= 15 is 0 Å². The van der Waals surface area contributed by atoms with Crippen LogP contribution in [0, 0.1) is 5.92 Å². The van der Waals surface area contributed by atoms with Crippen LogP contribution in [0.3, 0.4) is 0 Å². The van der Waals surface area contributed by atoms with Crippen molar-refractivity contribution in [2.45, 2.75) is 56.5 Å². The molecule has 0 radical (unpaired) electrons. The second-order valence-electron chi connectivity index (χ2n) is 7.11. The van der Waals surface area contributed by atoms with Crippen molar-refractivity contribution in [3.63, 3.8) is 0 Å².